The molecule has 0 unspecified atom stereocenters. The average molecular weight is 640 g/mol. The third-order valence-corrected chi connectivity index (χ3v) is 8.81. The first-order valence-corrected chi connectivity index (χ1v) is 15.1. The van der Waals surface area contributed by atoms with E-state index in [4.69, 9.17) is 23.2 Å². The molecular weight excluding hydrogens is 609 g/mol. The van der Waals surface area contributed by atoms with Crippen LogP contribution in [-0.2, 0) is 25.7 Å². The third kappa shape index (κ3) is 4.86. The van der Waals surface area contributed by atoms with Gasteiger partial charge in [0.2, 0.25) is 11.6 Å². The summed E-state index contributed by atoms with van der Waals surface area (Å²) in [7, 11) is 0. The topological polar surface area (TPSA) is 98.7 Å². The number of benzene rings is 4. The lowest BCUT2D eigenvalue weighted by atomic mass is 9.81. The molecule has 1 aliphatic carbocycles. The van der Waals surface area contributed by atoms with E-state index in [1.54, 1.807) is 24.3 Å². The molecule has 0 heterocycles. The molecule has 4 N–H and O–H groups in total. The number of rotatable bonds is 8. The van der Waals surface area contributed by atoms with Crippen molar-refractivity contribution in [1.29, 1.82) is 0 Å². The van der Waals surface area contributed by atoms with E-state index >= 15 is 8.78 Å². The molecule has 0 saturated heterocycles. The van der Waals surface area contributed by atoms with Gasteiger partial charge in [0.05, 0.1) is 22.3 Å². The number of carbonyl (C=O) groups excluding carboxylic acids is 2. The molecule has 0 spiro atoms. The molecule has 4 aromatic rings. The summed E-state index contributed by atoms with van der Waals surface area (Å²) in [5.41, 5.74) is -0.0739. The molecule has 1 aliphatic rings. The van der Waals surface area contributed by atoms with Crippen LogP contribution in [0.2, 0.25) is 10.0 Å². The Bertz CT molecular complexity index is 1740. The third-order valence-electron chi connectivity index (χ3n) is 8.10. The van der Waals surface area contributed by atoms with E-state index in [0.717, 1.165) is 23.3 Å². The standard InChI is InChI=1S/C34H30Cl2F2N2O4/c1-5-15-9-11-19(35)17(7-3)29(15)39-31-27(37)25-26(34(44)24-22(42)14-13-21(41)23(24)33(25)43)28(38)32(31)40-30-16(6-2)10-12-20(36)18(30)8-4/h9-14,39-42H,5-8H2,1-4H3. The van der Waals surface area contributed by atoms with Gasteiger partial charge in [0.25, 0.3) is 0 Å². The fourth-order valence-electron chi connectivity index (χ4n) is 5.82. The van der Waals surface area contributed by atoms with Crippen molar-refractivity contribution >= 4 is 57.5 Å². The molecule has 0 aliphatic heterocycles. The molecule has 0 amide bonds. The Labute approximate surface area is 263 Å². The zero-order valence-corrected chi connectivity index (χ0v) is 26.0. The van der Waals surface area contributed by atoms with Gasteiger partial charge >= 0.3 is 0 Å². The van der Waals surface area contributed by atoms with Gasteiger partial charge in [0, 0.05) is 21.4 Å². The second kappa shape index (κ2) is 12.1. The maximum atomic E-state index is 16.9. The second-order valence-corrected chi connectivity index (χ2v) is 11.2. The predicted molar refractivity (Wildman–Crippen MR) is 170 cm³/mol. The van der Waals surface area contributed by atoms with Gasteiger partial charge in [-0.1, -0.05) is 63.0 Å². The fraction of sp³-hybridized carbons (Fsp3) is 0.235. The Kier molecular flexibility index (Phi) is 8.60. The number of hydrogen-bond acceptors (Lipinski definition) is 6. The summed E-state index contributed by atoms with van der Waals surface area (Å²) in [4.78, 5) is 27.4. The maximum absolute atomic E-state index is 16.9. The molecule has 0 aromatic heterocycles. The van der Waals surface area contributed by atoms with Crippen molar-refractivity contribution < 1.29 is 28.6 Å². The van der Waals surface area contributed by atoms with Gasteiger partial charge in [-0.3, -0.25) is 9.59 Å². The maximum Gasteiger partial charge on any atom is 0.201 e. The summed E-state index contributed by atoms with van der Waals surface area (Å²) >= 11 is 13.0. The van der Waals surface area contributed by atoms with Gasteiger partial charge in [-0.25, -0.2) is 8.78 Å². The van der Waals surface area contributed by atoms with Gasteiger partial charge in [0.1, 0.15) is 22.9 Å². The highest BCUT2D eigenvalue weighted by Crippen LogP contribution is 2.47. The van der Waals surface area contributed by atoms with Crippen molar-refractivity contribution in [1.82, 2.24) is 0 Å². The summed E-state index contributed by atoms with van der Waals surface area (Å²) < 4.78 is 33.8. The lowest BCUT2D eigenvalue weighted by molar-refractivity contribution is 0.0967. The minimum atomic E-state index is -1.21. The highest BCUT2D eigenvalue weighted by Gasteiger charge is 2.41. The highest BCUT2D eigenvalue weighted by atomic mass is 35.5. The Morgan fingerprint density at radius 1 is 0.568 bits per heavy atom. The first-order valence-electron chi connectivity index (χ1n) is 14.3. The predicted octanol–water partition coefficient (Wildman–Crippen LogP) is 9.19. The molecule has 0 fully saturated rings. The Balaban J connectivity index is 1.88. The van der Waals surface area contributed by atoms with E-state index in [1.165, 1.54) is 0 Å². The van der Waals surface area contributed by atoms with E-state index in [0.29, 0.717) is 58.2 Å². The van der Waals surface area contributed by atoms with Crippen molar-refractivity contribution in [3.8, 4) is 11.5 Å². The Hall–Kier alpha value is -4.14. The number of halogens is 4. The lowest BCUT2D eigenvalue weighted by Crippen LogP contribution is -2.26. The summed E-state index contributed by atoms with van der Waals surface area (Å²) in [5.74, 6) is -5.99. The molecule has 228 valence electrons. The van der Waals surface area contributed by atoms with Crippen molar-refractivity contribution in [3.05, 3.63) is 103 Å². The smallest absolute Gasteiger partial charge is 0.201 e. The number of carbonyl (C=O) groups is 2. The first kappa shape index (κ1) is 31.3. The fourth-order valence-corrected chi connectivity index (χ4v) is 6.41. The summed E-state index contributed by atoms with van der Waals surface area (Å²) in [6.45, 7) is 7.54. The van der Waals surface area contributed by atoms with Gasteiger partial charge in [-0.05, 0) is 72.2 Å². The largest absolute Gasteiger partial charge is 0.507 e. The normalized spacial score (nSPS) is 12.3. The van der Waals surface area contributed by atoms with Crippen LogP contribution in [0, 0.1) is 11.6 Å². The highest BCUT2D eigenvalue weighted by molar-refractivity contribution is 6.33. The number of hydrogen-bond donors (Lipinski definition) is 4. The van der Waals surface area contributed by atoms with Crippen LogP contribution in [0.1, 0.15) is 81.8 Å². The molecule has 0 atom stereocenters. The van der Waals surface area contributed by atoms with Crippen LogP contribution in [0.5, 0.6) is 11.5 Å². The minimum absolute atomic E-state index is 0.414. The van der Waals surface area contributed by atoms with Crippen LogP contribution in [0.25, 0.3) is 0 Å². The van der Waals surface area contributed by atoms with Crippen LogP contribution in [0.3, 0.4) is 0 Å². The summed E-state index contributed by atoms with van der Waals surface area (Å²) in [6, 6.07) is 9.04. The van der Waals surface area contributed by atoms with E-state index in [-0.39, 0.29) is 0 Å². The quantitative estimate of drug-likeness (QED) is 0.126. The number of phenolic OH excluding ortho intramolecular Hbond substituents is 2. The van der Waals surface area contributed by atoms with Crippen molar-refractivity contribution in [3.63, 3.8) is 0 Å². The van der Waals surface area contributed by atoms with Gasteiger partial charge < -0.3 is 20.8 Å². The SMILES string of the molecule is CCc1ccc(Cl)c(CC)c1Nc1c(F)c2c(c(F)c1Nc1c(CC)ccc(Cl)c1CC)C(=O)c1c(O)ccc(O)c1C2=O. The first-order chi connectivity index (χ1) is 21.0. The molecule has 0 radical (unpaired) electrons. The molecule has 6 nitrogen and oxygen atoms in total. The molecule has 4 aromatic carbocycles. The number of phenols is 2. The van der Waals surface area contributed by atoms with Crippen LogP contribution in [0.4, 0.5) is 31.5 Å². The Morgan fingerprint density at radius 3 is 1.25 bits per heavy atom. The molecule has 5 rings (SSSR count). The van der Waals surface area contributed by atoms with Crippen molar-refractivity contribution in [2.24, 2.45) is 0 Å². The second-order valence-electron chi connectivity index (χ2n) is 10.4. The van der Waals surface area contributed by atoms with Crippen LogP contribution >= 0.6 is 23.2 Å². The zero-order valence-electron chi connectivity index (χ0n) is 24.5. The number of aromatic hydroxyl groups is 2. The van der Waals surface area contributed by atoms with Gasteiger partial charge in [0.15, 0.2) is 11.6 Å². The Morgan fingerprint density at radius 2 is 0.932 bits per heavy atom. The van der Waals surface area contributed by atoms with Crippen molar-refractivity contribution in [2.75, 3.05) is 10.6 Å². The minimum Gasteiger partial charge on any atom is -0.507 e. The van der Waals surface area contributed by atoms with Crippen LogP contribution in [-0.4, -0.2) is 21.8 Å². The van der Waals surface area contributed by atoms with E-state index in [9.17, 15) is 19.8 Å². The van der Waals surface area contributed by atoms with Gasteiger partial charge in [-0.15, -0.1) is 0 Å². The summed E-state index contributed by atoms with van der Waals surface area (Å²) in [5, 5.41) is 27.8. The van der Waals surface area contributed by atoms with Crippen LogP contribution < -0.4 is 10.6 Å². The average Bonchev–Trinajstić information content (AvgIpc) is 3.00. The van der Waals surface area contributed by atoms with Crippen LogP contribution in [0.15, 0.2) is 36.4 Å². The van der Waals surface area contributed by atoms with Gasteiger partial charge in [-0.2, -0.15) is 0 Å². The lowest BCUT2D eigenvalue weighted by Gasteiger charge is -2.27. The van der Waals surface area contributed by atoms with E-state index in [1.807, 2.05) is 27.7 Å². The summed E-state index contributed by atoms with van der Waals surface area (Å²) in [6.07, 6.45) is 1.96. The van der Waals surface area contributed by atoms with Crippen molar-refractivity contribution in [2.45, 2.75) is 53.4 Å². The number of aryl methyl sites for hydroxylation is 2. The molecule has 0 saturated carbocycles. The molecule has 44 heavy (non-hydrogen) atoms. The molecular formula is C34H30Cl2F2N2O4. The number of fused-ring (bicyclic) bond motifs is 2. The number of ketones is 2. The monoisotopic (exact) mass is 638 g/mol. The number of anilines is 4. The number of nitrogens with one attached hydrogen (secondary N) is 2. The molecule has 0 bridgehead atoms. The van der Waals surface area contributed by atoms with E-state index in [2.05, 4.69) is 10.6 Å². The zero-order chi connectivity index (χ0) is 32.0. The van der Waals surface area contributed by atoms with E-state index < -0.39 is 68.3 Å². The molecule has 10 heteroatoms.